The predicted molar refractivity (Wildman–Crippen MR) is 73.7 cm³/mol. The maximum absolute atomic E-state index is 4.71. The Hall–Kier alpha value is 1.13. The lowest BCUT2D eigenvalue weighted by Gasteiger charge is -2.13. The lowest BCUT2D eigenvalue weighted by Crippen LogP contribution is -1.92. The van der Waals surface area contributed by atoms with Gasteiger partial charge in [0.15, 0.2) is 0 Å². The lowest BCUT2D eigenvalue weighted by atomic mass is 10.3. The van der Waals surface area contributed by atoms with Gasteiger partial charge in [-0.05, 0) is 12.8 Å². The third kappa shape index (κ3) is 9.43. The molecule has 0 aromatic carbocycles. The molecule has 0 N–H and O–H groups in total. The van der Waals surface area contributed by atoms with Crippen LogP contribution in [0.15, 0.2) is 0 Å². The van der Waals surface area contributed by atoms with Crippen LogP contribution in [0.4, 0.5) is 0 Å². The summed E-state index contributed by atoms with van der Waals surface area (Å²) in [6.45, 7) is 4.49. The molecule has 0 aromatic heterocycles. The van der Waals surface area contributed by atoms with Crippen LogP contribution >= 0.6 is 30.2 Å². The summed E-state index contributed by atoms with van der Waals surface area (Å²) in [6.07, 6.45) is 10.5. The van der Waals surface area contributed by atoms with Crippen LogP contribution in [0.2, 0.25) is 0 Å². The van der Waals surface area contributed by atoms with Crippen molar-refractivity contribution in [1.82, 2.24) is 0 Å². The minimum atomic E-state index is -1.11. The fourth-order valence-electron chi connectivity index (χ4n) is 1.34. The second kappa shape index (κ2) is 8.44. The number of rotatable bonds is 8. The van der Waals surface area contributed by atoms with Crippen LogP contribution in [0, 0.1) is 0 Å². The molecule has 0 nitrogen and oxygen atoms in total. The molecule has 0 heterocycles. The Morgan fingerprint density at radius 2 is 1.15 bits per heavy atom. The van der Waals surface area contributed by atoms with Crippen LogP contribution in [0.5, 0.6) is 0 Å². The second-order valence-electron chi connectivity index (χ2n) is 3.74. The molecule has 0 saturated carbocycles. The van der Waals surface area contributed by atoms with Gasteiger partial charge < -0.3 is 0 Å². The van der Waals surface area contributed by atoms with E-state index in [0.717, 1.165) is 0 Å². The van der Waals surface area contributed by atoms with Gasteiger partial charge in [0.25, 0.3) is 0 Å². The largest absolute Gasteiger partial charge is 0.126 e. The molecule has 0 aliphatic heterocycles. The van der Waals surface area contributed by atoms with Gasteiger partial charge in [0.1, 0.15) is 5.67 Å². The molecule has 0 rings (SSSR count). The molecule has 0 fully saturated rings. The lowest BCUT2D eigenvalue weighted by molar-refractivity contribution is 0.764. The number of hydrogen-bond acceptors (Lipinski definition) is 2. The fraction of sp³-hybridized carbons (Fsp3) is 1.00. The molecule has 13 heavy (non-hydrogen) atoms. The SMILES string of the molecule is CCCCC[P+](S)(S)CCCCC. The fourth-order valence-corrected chi connectivity index (χ4v) is 4.72. The molecule has 0 saturated heterocycles. The van der Waals surface area contributed by atoms with Crippen molar-refractivity contribution in [3.8, 4) is 0 Å². The Morgan fingerprint density at radius 1 is 0.769 bits per heavy atom. The first-order chi connectivity index (χ1) is 6.12. The van der Waals surface area contributed by atoms with Crippen molar-refractivity contribution in [2.24, 2.45) is 0 Å². The average molecular weight is 239 g/mol. The van der Waals surface area contributed by atoms with Crippen molar-refractivity contribution < 1.29 is 0 Å². The summed E-state index contributed by atoms with van der Waals surface area (Å²) in [5, 5.41) is 0. The van der Waals surface area contributed by atoms with E-state index in [1.807, 2.05) is 0 Å². The minimum Gasteiger partial charge on any atom is -0.0654 e. The predicted octanol–water partition coefficient (Wildman–Crippen LogP) is 5.07. The molecular formula is C10H24PS2+. The zero-order chi connectivity index (χ0) is 10.2. The van der Waals surface area contributed by atoms with Crippen LogP contribution < -0.4 is 0 Å². The summed E-state index contributed by atoms with van der Waals surface area (Å²) < 4.78 is 0. The molecule has 0 atom stereocenters. The van der Waals surface area contributed by atoms with Gasteiger partial charge in [0.2, 0.25) is 0 Å². The summed E-state index contributed by atoms with van der Waals surface area (Å²) in [5.41, 5.74) is -1.11. The molecule has 0 radical (unpaired) electrons. The highest BCUT2D eigenvalue weighted by molar-refractivity contribution is 8.85. The maximum atomic E-state index is 4.71. The van der Waals surface area contributed by atoms with Crippen molar-refractivity contribution in [3.63, 3.8) is 0 Å². The van der Waals surface area contributed by atoms with E-state index in [2.05, 4.69) is 13.8 Å². The number of hydrogen-bond donors (Lipinski definition) is 2. The molecule has 0 unspecified atom stereocenters. The normalized spacial score (nSPS) is 12.0. The average Bonchev–Trinajstić information content (AvgIpc) is 2.05. The van der Waals surface area contributed by atoms with E-state index in [-0.39, 0.29) is 0 Å². The highest BCUT2D eigenvalue weighted by Crippen LogP contribution is 2.68. The number of unbranched alkanes of at least 4 members (excludes halogenated alkanes) is 4. The third-order valence-electron chi connectivity index (χ3n) is 2.24. The first-order valence-electron chi connectivity index (χ1n) is 5.45. The van der Waals surface area contributed by atoms with Crippen molar-refractivity contribution in [2.75, 3.05) is 12.3 Å². The van der Waals surface area contributed by atoms with Crippen molar-refractivity contribution >= 4 is 30.2 Å². The molecule has 80 valence electrons. The Labute approximate surface area is 94.9 Å². The van der Waals surface area contributed by atoms with Gasteiger partial charge in [-0.15, -0.1) is 0 Å². The highest BCUT2D eigenvalue weighted by atomic mass is 33.1. The molecule has 0 aliphatic rings. The smallest absolute Gasteiger partial charge is 0.0654 e. The maximum Gasteiger partial charge on any atom is 0.126 e. The molecule has 3 heteroatoms. The van der Waals surface area contributed by atoms with Gasteiger partial charge >= 0.3 is 0 Å². The Kier molecular flexibility index (Phi) is 9.17. The van der Waals surface area contributed by atoms with Crippen LogP contribution in [0.3, 0.4) is 0 Å². The first-order valence-corrected chi connectivity index (χ1v) is 9.91. The summed E-state index contributed by atoms with van der Waals surface area (Å²) in [6, 6.07) is 0. The van der Waals surface area contributed by atoms with Crippen LogP contribution in [0.25, 0.3) is 0 Å². The zero-order valence-corrected chi connectivity index (χ0v) is 11.7. The van der Waals surface area contributed by atoms with E-state index in [1.165, 1.54) is 50.8 Å². The minimum absolute atomic E-state index is 1.11. The quantitative estimate of drug-likeness (QED) is 0.329. The van der Waals surface area contributed by atoms with E-state index in [9.17, 15) is 0 Å². The summed E-state index contributed by atoms with van der Waals surface area (Å²) in [7, 11) is 0. The second-order valence-corrected chi connectivity index (χ2v) is 11.9. The van der Waals surface area contributed by atoms with Crippen LogP contribution in [-0.4, -0.2) is 12.3 Å². The van der Waals surface area contributed by atoms with Gasteiger partial charge in [-0.2, -0.15) is 0 Å². The molecule has 0 aromatic rings. The van der Waals surface area contributed by atoms with E-state index < -0.39 is 5.67 Å². The van der Waals surface area contributed by atoms with E-state index in [1.54, 1.807) is 0 Å². The molecule has 0 aliphatic carbocycles. The standard InChI is InChI=1S/C10H24PS2/c1-3-5-7-9-11(12,13)10-8-6-4-2/h12-13H,3-10H2,1-2H3/q+1. The highest BCUT2D eigenvalue weighted by Gasteiger charge is 2.27. The monoisotopic (exact) mass is 239 g/mol. The van der Waals surface area contributed by atoms with E-state index >= 15 is 0 Å². The zero-order valence-electron chi connectivity index (χ0n) is 9.00. The Morgan fingerprint density at radius 3 is 1.46 bits per heavy atom. The summed E-state index contributed by atoms with van der Waals surface area (Å²) in [5.74, 6) is 0. The van der Waals surface area contributed by atoms with Gasteiger partial charge in [-0.1, -0.05) is 39.5 Å². The van der Waals surface area contributed by atoms with Gasteiger partial charge in [0.05, 0.1) is 12.3 Å². The van der Waals surface area contributed by atoms with E-state index in [4.69, 9.17) is 24.5 Å². The van der Waals surface area contributed by atoms with E-state index in [0.29, 0.717) is 0 Å². The van der Waals surface area contributed by atoms with Crippen molar-refractivity contribution in [2.45, 2.75) is 52.4 Å². The molecule has 0 bridgehead atoms. The van der Waals surface area contributed by atoms with Gasteiger partial charge in [0, 0.05) is 24.5 Å². The van der Waals surface area contributed by atoms with Gasteiger partial charge in [-0.3, -0.25) is 0 Å². The third-order valence-corrected chi connectivity index (χ3v) is 6.70. The van der Waals surface area contributed by atoms with Crippen molar-refractivity contribution in [3.05, 3.63) is 0 Å². The topological polar surface area (TPSA) is 0 Å². The first kappa shape index (κ1) is 14.1. The summed E-state index contributed by atoms with van der Waals surface area (Å²) >= 11 is 9.42. The molecular weight excluding hydrogens is 215 g/mol. The Bertz CT molecular complexity index is 103. The van der Waals surface area contributed by atoms with Crippen LogP contribution in [-0.2, 0) is 0 Å². The number of thiol groups is 2. The molecule has 0 spiro atoms. The summed E-state index contributed by atoms with van der Waals surface area (Å²) in [4.78, 5) is 0. The van der Waals surface area contributed by atoms with Crippen molar-refractivity contribution in [1.29, 1.82) is 0 Å². The Balaban J connectivity index is 3.42. The van der Waals surface area contributed by atoms with Crippen LogP contribution in [0.1, 0.15) is 52.4 Å². The van der Waals surface area contributed by atoms with Gasteiger partial charge in [-0.25, -0.2) is 0 Å². The molecule has 0 amide bonds.